The van der Waals surface area contributed by atoms with Crippen LogP contribution in [0.15, 0.2) is 12.1 Å². The van der Waals surface area contributed by atoms with Crippen LogP contribution in [-0.2, 0) is 22.3 Å². The Morgan fingerprint density at radius 2 is 2.14 bits per heavy atom. The molecule has 22 heavy (non-hydrogen) atoms. The highest BCUT2D eigenvalue weighted by atomic mass is 16.5. The van der Waals surface area contributed by atoms with Crippen LogP contribution in [-0.4, -0.2) is 56.6 Å². The molecule has 3 rings (SSSR count). The van der Waals surface area contributed by atoms with Crippen LogP contribution in [0.1, 0.15) is 17.7 Å². The van der Waals surface area contributed by atoms with Gasteiger partial charge in [0.1, 0.15) is 5.82 Å². The molecule has 1 fully saturated rings. The van der Waals surface area contributed by atoms with Gasteiger partial charge in [-0.1, -0.05) is 6.07 Å². The molecule has 4 N–H and O–H groups in total. The van der Waals surface area contributed by atoms with E-state index in [1.165, 1.54) is 11.3 Å². The number of hydrogen-bond acceptors (Lipinski definition) is 6. The second kappa shape index (κ2) is 6.91. The molecule has 122 valence electrons. The van der Waals surface area contributed by atoms with Crippen LogP contribution in [0, 0.1) is 0 Å². The molecule has 1 aromatic rings. The summed E-state index contributed by atoms with van der Waals surface area (Å²) >= 11 is 0. The number of pyridine rings is 1. The lowest BCUT2D eigenvalue weighted by Gasteiger charge is -2.24. The fraction of sp³-hybridized carbons (Fsp3) is 0.688. The van der Waals surface area contributed by atoms with Gasteiger partial charge in [0.15, 0.2) is 0 Å². The van der Waals surface area contributed by atoms with Gasteiger partial charge in [0.05, 0.1) is 25.4 Å². The summed E-state index contributed by atoms with van der Waals surface area (Å²) in [5.41, 5.74) is 14.7. The first kappa shape index (κ1) is 15.7. The minimum atomic E-state index is 0.0168. The molecule has 0 bridgehead atoms. The molecule has 0 saturated carbocycles. The third kappa shape index (κ3) is 3.41. The minimum absolute atomic E-state index is 0.0168. The Labute approximate surface area is 131 Å². The number of fused-ring (bicyclic) bond motifs is 1. The Morgan fingerprint density at radius 1 is 1.27 bits per heavy atom. The lowest BCUT2D eigenvalue weighted by molar-refractivity contribution is 0.0212. The van der Waals surface area contributed by atoms with Crippen molar-refractivity contribution in [3.63, 3.8) is 0 Å². The zero-order valence-electron chi connectivity index (χ0n) is 13.2. The molecule has 1 aliphatic heterocycles. The van der Waals surface area contributed by atoms with Gasteiger partial charge in [-0.25, -0.2) is 4.98 Å². The second-order valence-electron chi connectivity index (χ2n) is 6.25. The van der Waals surface area contributed by atoms with E-state index in [4.69, 9.17) is 25.9 Å². The molecular weight excluding hydrogens is 280 g/mol. The summed E-state index contributed by atoms with van der Waals surface area (Å²) in [5, 5.41) is 0. The van der Waals surface area contributed by atoms with E-state index in [0.29, 0.717) is 13.2 Å². The predicted molar refractivity (Wildman–Crippen MR) is 86.0 cm³/mol. The van der Waals surface area contributed by atoms with Crippen LogP contribution < -0.4 is 16.4 Å². The fourth-order valence-corrected chi connectivity index (χ4v) is 3.25. The molecule has 0 radical (unpaired) electrons. The number of aryl methyl sites for hydroxylation is 1. The zero-order chi connectivity index (χ0) is 15.5. The summed E-state index contributed by atoms with van der Waals surface area (Å²) in [4.78, 5) is 7.05. The van der Waals surface area contributed by atoms with Crippen molar-refractivity contribution in [1.29, 1.82) is 0 Å². The van der Waals surface area contributed by atoms with E-state index in [1.54, 1.807) is 7.11 Å². The van der Waals surface area contributed by atoms with Gasteiger partial charge in [0.2, 0.25) is 0 Å². The van der Waals surface area contributed by atoms with Crippen molar-refractivity contribution in [1.82, 2.24) is 4.98 Å². The number of ether oxygens (including phenoxy) is 2. The van der Waals surface area contributed by atoms with E-state index in [2.05, 4.69) is 17.0 Å². The summed E-state index contributed by atoms with van der Waals surface area (Å²) in [6, 6.07) is 4.55. The maximum atomic E-state index is 6.19. The van der Waals surface area contributed by atoms with Crippen LogP contribution in [0.5, 0.6) is 0 Å². The molecule has 2 unspecified atom stereocenters. The third-order valence-electron chi connectivity index (χ3n) is 4.54. The first-order valence-corrected chi connectivity index (χ1v) is 8.03. The number of aromatic nitrogens is 1. The Hall–Kier alpha value is -1.21. The molecular formula is C16H26N4O2. The van der Waals surface area contributed by atoms with E-state index >= 15 is 0 Å². The van der Waals surface area contributed by atoms with E-state index in [-0.39, 0.29) is 18.2 Å². The molecule has 1 aliphatic carbocycles. The summed E-state index contributed by atoms with van der Waals surface area (Å²) in [6.07, 6.45) is 2.97. The van der Waals surface area contributed by atoms with Crippen LogP contribution in [0.2, 0.25) is 0 Å². The van der Waals surface area contributed by atoms with Crippen molar-refractivity contribution in [2.75, 3.05) is 38.3 Å². The van der Waals surface area contributed by atoms with Crippen molar-refractivity contribution >= 4 is 5.82 Å². The summed E-state index contributed by atoms with van der Waals surface area (Å²) in [5.74, 6) is 1.00. The standard InChI is InChI=1S/C16H26N4O2/c1-21-6-7-22-15-10-20(9-13(15)18)16-5-2-11-8-12(17)3-4-14(11)19-16/h2,5,12-13,15H,3-4,6-10,17-18H2,1H3/t12-,13?,15?/m0/s1. The molecule has 2 heterocycles. The van der Waals surface area contributed by atoms with E-state index in [1.807, 2.05) is 0 Å². The number of methoxy groups -OCH3 is 1. The Morgan fingerprint density at radius 3 is 2.95 bits per heavy atom. The van der Waals surface area contributed by atoms with Gasteiger partial charge in [0, 0.05) is 31.9 Å². The second-order valence-corrected chi connectivity index (χ2v) is 6.25. The SMILES string of the molecule is COCCOC1CN(c2ccc3c(n2)CC[C@H](N)C3)CC1N. The van der Waals surface area contributed by atoms with Crippen molar-refractivity contribution < 1.29 is 9.47 Å². The molecule has 3 atom stereocenters. The lowest BCUT2D eigenvalue weighted by Crippen LogP contribution is -2.35. The van der Waals surface area contributed by atoms with Gasteiger partial charge in [-0.2, -0.15) is 0 Å². The molecule has 6 heteroatoms. The van der Waals surface area contributed by atoms with Crippen molar-refractivity contribution in [2.24, 2.45) is 11.5 Å². The van der Waals surface area contributed by atoms with E-state index in [9.17, 15) is 0 Å². The summed E-state index contributed by atoms with van der Waals surface area (Å²) in [7, 11) is 1.67. The largest absolute Gasteiger partial charge is 0.382 e. The first-order chi connectivity index (χ1) is 10.7. The number of nitrogens with two attached hydrogens (primary N) is 2. The average Bonchev–Trinajstić information content (AvgIpc) is 2.88. The quantitative estimate of drug-likeness (QED) is 0.749. The van der Waals surface area contributed by atoms with Crippen molar-refractivity contribution in [3.05, 3.63) is 23.4 Å². The highest BCUT2D eigenvalue weighted by molar-refractivity contribution is 5.44. The third-order valence-corrected chi connectivity index (χ3v) is 4.54. The van der Waals surface area contributed by atoms with Crippen molar-refractivity contribution in [3.8, 4) is 0 Å². The topological polar surface area (TPSA) is 86.6 Å². The van der Waals surface area contributed by atoms with E-state index < -0.39 is 0 Å². The Kier molecular flexibility index (Phi) is 4.93. The molecule has 1 saturated heterocycles. The van der Waals surface area contributed by atoms with E-state index in [0.717, 1.165) is 38.2 Å². The van der Waals surface area contributed by atoms with Gasteiger partial charge in [-0.05, 0) is 30.9 Å². The average molecular weight is 306 g/mol. The van der Waals surface area contributed by atoms with Crippen LogP contribution >= 0.6 is 0 Å². The van der Waals surface area contributed by atoms with Crippen LogP contribution in [0.3, 0.4) is 0 Å². The smallest absolute Gasteiger partial charge is 0.128 e. The number of hydrogen-bond donors (Lipinski definition) is 2. The lowest BCUT2D eigenvalue weighted by atomic mass is 9.92. The minimum Gasteiger partial charge on any atom is -0.382 e. The molecule has 0 spiro atoms. The number of anilines is 1. The van der Waals surface area contributed by atoms with Gasteiger partial charge >= 0.3 is 0 Å². The maximum Gasteiger partial charge on any atom is 0.128 e. The zero-order valence-corrected chi connectivity index (χ0v) is 13.2. The normalized spacial score (nSPS) is 28.0. The van der Waals surface area contributed by atoms with Crippen LogP contribution in [0.25, 0.3) is 0 Å². The number of rotatable bonds is 5. The highest BCUT2D eigenvalue weighted by Crippen LogP contribution is 2.25. The molecule has 6 nitrogen and oxygen atoms in total. The summed E-state index contributed by atoms with van der Waals surface area (Å²) < 4.78 is 10.8. The predicted octanol–water partition coefficient (Wildman–Crippen LogP) is 0.0765. The van der Waals surface area contributed by atoms with Gasteiger partial charge in [-0.3, -0.25) is 0 Å². The van der Waals surface area contributed by atoms with Crippen molar-refractivity contribution in [2.45, 2.75) is 37.5 Å². The molecule has 2 aliphatic rings. The maximum absolute atomic E-state index is 6.19. The van der Waals surface area contributed by atoms with Crippen LogP contribution in [0.4, 0.5) is 5.82 Å². The highest BCUT2D eigenvalue weighted by Gasteiger charge is 2.32. The van der Waals surface area contributed by atoms with Gasteiger partial charge < -0.3 is 25.8 Å². The fourth-order valence-electron chi connectivity index (χ4n) is 3.25. The Balaban J connectivity index is 1.65. The molecule has 0 amide bonds. The summed E-state index contributed by atoms with van der Waals surface area (Å²) in [6.45, 7) is 2.75. The number of nitrogens with zero attached hydrogens (tertiary/aromatic N) is 2. The Bertz CT molecular complexity index is 511. The monoisotopic (exact) mass is 306 g/mol. The van der Waals surface area contributed by atoms with Gasteiger partial charge in [-0.15, -0.1) is 0 Å². The van der Waals surface area contributed by atoms with Gasteiger partial charge in [0.25, 0.3) is 0 Å². The molecule has 0 aromatic carbocycles. The molecule has 1 aromatic heterocycles. The first-order valence-electron chi connectivity index (χ1n) is 8.03.